The summed E-state index contributed by atoms with van der Waals surface area (Å²) in [6, 6.07) is 12.9. The number of nitrogens with zero attached hydrogens (tertiary/aromatic N) is 6. The highest BCUT2D eigenvalue weighted by atomic mass is 16.3. The van der Waals surface area contributed by atoms with Gasteiger partial charge in [-0.3, -0.25) is 14.6 Å². The first-order valence-corrected chi connectivity index (χ1v) is 12.6. The summed E-state index contributed by atoms with van der Waals surface area (Å²) in [6.07, 6.45) is 8.11. The third-order valence-corrected chi connectivity index (χ3v) is 6.81. The molecule has 7 nitrogen and oxygen atoms in total. The van der Waals surface area contributed by atoms with E-state index in [2.05, 4.69) is 70.1 Å². The topological polar surface area (TPSA) is 70.3 Å². The molecule has 5 rings (SSSR count). The standard InChI is InChI=1S/C28H34N6O/c1-4-33(5-2)16-21-10-22(19-35)12-25(11-21)34(17-20-6-7-20)24-8-9-26-27(13-24)31-28(15-29-26)23-14-30-32(3)18-23/h8-15,18,20,35H,4-7,16-17,19H2,1-3H3. The van der Waals surface area contributed by atoms with Crippen molar-refractivity contribution in [2.24, 2.45) is 13.0 Å². The molecule has 1 fully saturated rings. The number of aliphatic hydroxyl groups is 1. The van der Waals surface area contributed by atoms with E-state index in [1.54, 1.807) is 4.68 Å². The second kappa shape index (κ2) is 10.1. The van der Waals surface area contributed by atoms with Gasteiger partial charge in [0.25, 0.3) is 0 Å². The molecule has 2 aromatic carbocycles. The van der Waals surface area contributed by atoms with Gasteiger partial charge in [0.05, 0.1) is 35.7 Å². The smallest absolute Gasteiger partial charge is 0.0924 e. The maximum absolute atomic E-state index is 10.0. The molecule has 1 aliphatic rings. The molecule has 4 aromatic rings. The lowest BCUT2D eigenvalue weighted by Crippen LogP contribution is -2.23. The van der Waals surface area contributed by atoms with Crippen LogP contribution in [0.15, 0.2) is 55.0 Å². The highest BCUT2D eigenvalue weighted by Gasteiger charge is 2.26. The molecule has 0 radical (unpaired) electrons. The Hall–Kier alpha value is -3.29. The van der Waals surface area contributed by atoms with E-state index >= 15 is 0 Å². The monoisotopic (exact) mass is 470 g/mol. The number of aryl methyl sites for hydroxylation is 1. The number of anilines is 2. The lowest BCUT2D eigenvalue weighted by Gasteiger charge is -2.27. The van der Waals surface area contributed by atoms with Gasteiger partial charge in [0, 0.05) is 43.3 Å². The SMILES string of the molecule is CCN(CC)Cc1cc(CO)cc(N(CC2CC2)c2ccc3ncc(-c4cnn(C)c4)nc3c2)c1. The van der Waals surface area contributed by atoms with Gasteiger partial charge in [-0.2, -0.15) is 5.10 Å². The van der Waals surface area contributed by atoms with Gasteiger partial charge in [-0.05, 0) is 73.3 Å². The number of aromatic nitrogens is 4. The van der Waals surface area contributed by atoms with E-state index in [0.29, 0.717) is 5.92 Å². The third-order valence-electron chi connectivity index (χ3n) is 6.81. The molecule has 0 aliphatic heterocycles. The van der Waals surface area contributed by atoms with Crippen molar-refractivity contribution < 1.29 is 5.11 Å². The molecule has 7 heteroatoms. The molecule has 2 aromatic heterocycles. The van der Waals surface area contributed by atoms with E-state index in [1.165, 1.54) is 18.4 Å². The number of aliphatic hydroxyl groups excluding tert-OH is 1. The van der Waals surface area contributed by atoms with E-state index < -0.39 is 0 Å². The van der Waals surface area contributed by atoms with Crippen molar-refractivity contribution in [2.75, 3.05) is 24.5 Å². The van der Waals surface area contributed by atoms with Crippen LogP contribution in [-0.4, -0.2) is 49.4 Å². The van der Waals surface area contributed by atoms with Gasteiger partial charge in [-0.25, -0.2) is 4.98 Å². The van der Waals surface area contributed by atoms with Crippen LogP contribution in [-0.2, 0) is 20.2 Å². The maximum atomic E-state index is 10.0. The van der Waals surface area contributed by atoms with Crippen LogP contribution in [0.25, 0.3) is 22.3 Å². The van der Waals surface area contributed by atoms with Gasteiger partial charge in [-0.15, -0.1) is 0 Å². The molecule has 1 aliphatic carbocycles. The zero-order valence-corrected chi connectivity index (χ0v) is 20.9. The molecule has 1 saturated carbocycles. The second-order valence-electron chi connectivity index (χ2n) is 9.51. The minimum absolute atomic E-state index is 0.0357. The Bertz CT molecular complexity index is 1310. The van der Waals surface area contributed by atoms with Gasteiger partial charge < -0.3 is 10.0 Å². The Morgan fingerprint density at radius 3 is 2.46 bits per heavy atom. The molecule has 1 N–H and O–H groups in total. The summed E-state index contributed by atoms with van der Waals surface area (Å²) in [4.78, 5) is 14.4. The lowest BCUT2D eigenvalue weighted by molar-refractivity contribution is 0.280. The number of rotatable bonds is 10. The van der Waals surface area contributed by atoms with Gasteiger partial charge in [0.1, 0.15) is 0 Å². The van der Waals surface area contributed by atoms with Crippen molar-refractivity contribution in [3.8, 4) is 11.3 Å². The fourth-order valence-electron chi connectivity index (χ4n) is 4.57. The normalized spacial score (nSPS) is 13.6. The Labute approximate surface area is 207 Å². The third kappa shape index (κ3) is 5.36. The first-order chi connectivity index (χ1) is 17.1. The highest BCUT2D eigenvalue weighted by molar-refractivity contribution is 5.82. The van der Waals surface area contributed by atoms with Gasteiger partial charge in [0.15, 0.2) is 0 Å². The summed E-state index contributed by atoms with van der Waals surface area (Å²) in [5.74, 6) is 0.697. The second-order valence-corrected chi connectivity index (χ2v) is 9.51. The highest BCUT2D eigenvalue weighted by Crippen LogP contribution is 2.37. The maximum Gasteiger partial charge on any atom is 0.0924 e. The summed E-state index contributed by atoms with van der Waals surface area (Å²) < 4.78 is 1.78. The van der Waals surface area contributed by atoms with Crippen LogP contribution < -0.4 is 4.90 Å². The predicted molar refractivity (Wildman–Crippen MR) is 140 cm³/mol. The molecular weight excluding hydrogens is 436 g/mol. The van der Waals surface area contributed by atoms with Crippen LogP contribution in [0.4, 0.5) is 11.4 Å². The van der Waals surface area contributed by atoms with Gasteiger partial charge in [0.2, 0.25) is 0 Å². The fourth-order valence-corrected chi connectivity index (χ4v) is 4.57. The first-order valence-electron chi connectivity index (χ1n) is 12.6. The number of hydrogen-bond donors (Lipinski definition) is 1. The first kappa shape index (κ1) is 23.5. The van der Waals surface area contributed by atoms with Gasteiger partial charge in [-0.1, -0.05) is 19.9 Å². The largest absolute Gasteiger partial charge is 0.392 e. The van der Waals surface area contributed by atoms with Gasteiger partial charge >= 0.3 is 0 Å². The number of fused-ring (bicyclic) bond motifs is 1. The van der Waals surface area contributed by atoms with Crippen molar-refractivity contribution in [2.45, 2.75) is 39.8 Å². The minimum atomic E-state index is 0.0357. The zero-order chi connectivity index (χ0) is 24.4. The quantitative estimate of drug-likeness (QED) is 0.355. The molecule has 0 saturated heterocycles. The zero-order valence-electron chi connectivity index (χ0n) is 20.9. The molecule has 2 heterocycles. The predicted octanol–water partition coefficient (Wildman–Crippen LogP) is 4.91. The summed E-state index contributed by atoms with van der Waals surface area (Å²) >= 11 is 0. The fraction of sp³-hybridized carbons (Fsp3) is 0.393. The van der Waals surface area contributed by atoms with Crippen LogP contribution in [0.1, 0.15) is 37.8 Å². The molecule has 0 atom stereocenters. The Morgan fingerprint density at radius 2 is 1.77 bits per heavy atom. The van der Waals surface area contributed by atoms with E-state index in [0.717, 1.165) is 65.4 Å². The van der Waals surface area contributed by atoms with Crippen molar-refractivity contribution in [1.29, 1.82) is 0 Å². The van der Waals surface area contributed by atoms with Crippen LogP contribution in [0.2, 0.25) is 0 Å². The van der Waals surface area contributed by atoms with Crippen molar-refractivity contribution in [1.82, 2.24) is 24.6 Å². The summed E-state index contributed by atoms with van der Waals surface area (Å²) in [5.41, 5.74) is 7.93. The molecule has 0 amide bonds. The Kier molecular flexibility index (Phi) is 6.79. The average Bonchev–Trinajstić information content (AvgIpc) is 3.61. The molecule has 0 spiro atoms. The average molecular weight is 471 g/mol. The van der Waals surface area contributed by atoms with Crippen molar-refractivity contribution in [3.05, 3.63) is 66.1 Å². The summed E-state index contributed by atoms with van der Waals surface area (Å²) in [6.45, 7) is 8.26. The summed E-state index contributed by atoms with van der Waals surface area (Å²) in [5, 5.41) is 14.3. The van der Waals surface area contributed by atoms with Crippen LogP contribution in [0, 0.1) is 5.92 Å². The molecule has 0 bridgehead atoms. The molecule has 0 unspecified atom stereocenters. The van der Waals surface area contributed by atoms with Crippen LogP contribution >= 0.6 is 0 Å². The van der Waals surface area contributed by atoms with Crippen LogP contribution in [0.5, 0.6) is 0 Å². The lowest BCUT2D eigenvalue weighted by atomic mass is 10.1. The minimum Gasteiger partial charge on any atom is -0.392 e. The molecular formula is C28H34N6O. The van der Waals surface area contributed by atoms with E-state index in [-0.39, 0.29) is 6.61 Å². The number of benzene rings is 2. The molecule has 35 heavy (non-hydrogen) atoms. The number of hydrogen-bond acceptors (Lipinski definition) is 6. The van der Waals surface area contributed by atoms with E-state index in [1.807, 2.05) is 25.6 Å². The Morgan fingerprint density at radius 1 is 0.971 bits per heavy atom. The van der Waals surface area contributed by atoms with Crippen LogP contribution in [0.3, 0.4) is 0 Å². The van der Waals surface area contributed by atoms with E-state index in [9.17, 15) is 5.11 Å². The van der Waals surface area contributed by atoms with Crippen molar-refractivity contribution in [3.63, 3.8) is 0 Å². The Balaban J connectivity index is 1.54. The molecule has 182 valence electrons. The summed E-state index contributed by atoms with van der Waals surface area (Å²) in [7, 11) is 1.90. The van der Waals surface area contributed by atoms with E-state index in [4.69, 9.17) is 4.98 Å². The van der Waals surface area contributed by atoms with Crippen molar-refractivity contribution >= 4 is 22.4 Å².